The molecular formula is C23H31N3O. The van der Waals surface area contributed by atoms with Crippen molar-refractivity contribution in [3.63, 3.8) is 0 Å². The normalized spacial score (nSPS) is 20.4. The summed E-state index contributed by atoms with van der Waals surface area (Å²) in [7, 11) is 0. The smallest absolute Gasteiger partial charge is 0.255 e. The van der Waals surface area contributed by atoms with Gasteiger partial charge in [-0.25, -0.2) is 4.98 Å². The number of amides is 1. The molecule has 0 saturated carbocycles. The lowest BCUT2D eigenvalue weighted by atomic mass is 9.93. The zero-order valence-corrected chi connectivity index (χ0v) is 16.8. The van der Waals surface area contributed by atoms with Crippen LogP contribution >= 0.6 is 0 Å². The molecule has 3 aliphatic rings. The molecule has 1 saturated heterocycles. The van der Waals surface area contributed by atoms with Crippen molar-refractivity contribution in [2.45, 2.75) is 65.2 Å². The van der Waals surface area contributed by atoms with Crippen LogP contribution in [0.25, 0.3) is 0 Å². The summed E-state index contributed by atoms with van der Waals surface area (Å²) in [6, 6.07) is 2.11. The van der Waals surface area contributed by atoms with Crippen LogP contribution in [0.15, 0.2) is 35.2 Å². The Kier molecular flexibility index (Phi) is 5.33. The molecule has 0 radical (unpaired) electrons. The molecule has 3 heterocycles. The maximum atomic E-state index is 12.8. The third-order valence-corrected chi connectivity index (χ3v) is 6.29. The zero-order valence-electron chi connectivity index (χ0n) is 16.8. The highest BCUT2D eigenvalue weighted by molar-refractivity contribution is 5.94. The van der Waals surface area contributed by atoms with E-state index in [0.717, 1.165) is 76.0 Å². The van der Waals surface area contributed by atoms with E-state index in [1.54, 1.807) is 6.20 Å². The minimum atomic E-state index is 0.158. The van der Waals surface area contributed by atoms with Crippen LogP contribution in [0.4, 0.5) is 5.82 Å². The first kappa shape index (κ1) is 18.3. The molecule has 0 aromatic carbocycles. The number of hydrogen-bond acceptors (Lipinski definition) is 3. The van der Waals surface area contributed by atoms with E-state index in [1.165, 1.54) is 28.8 Å². The van der Waals surface area contributed by atoms with Crippen LogP contribution in [-0.4, -0.2) is 35.4 Å². The standard InChI is InChI=1S/C23H31N3O/c1-3-18-15-21(10-9-17(18)2)26-13-7-8-19-14-20(16-24-22(19)26)23(27)25-11-5-4-6-12-25/h14-16H,3-13H2,1-2H3. The van der Waals surface area contributed by atoms with E-state index in [9.17, 15) is 4.79 Å². The topological polar surface area (TPSA) is 36.4 Å². The Bertz CT molecular complexity index is 787. The molecule has 1 amide bonds. The van der Waals surface area contributed by atoms with Crippen molar-refractivity contribution in [3.8, 4) is 0 Å². The molecule has 144 valence electrons. The van der Waals surface area contributed by atoms with E-state index < -0.39 is 0 Å². The summed E-state index contributed by atoms with van der Waals surface area (Å²) < 4.78 is 0. The first-order valence-electron chi connectivity index (χ1n) is 10.6. The average molecular weight is 366 g/mol. The summed E-state index contributed by atoms with van der Waals surface area (Å²) >= 11 is 0. The van der Waals surface area contributed by atoms with Crippen LogP contribution in [0.5, 0.6) is 0 Å². The number of hydrogen-bond donors (Lipinski definition) is 0. The Morgan fingerprint density at radius 2 is 1.89 bits per heavy atom. The van der Waals surface area contributed by atoms with Crippen molar-refractivity contribution in [2.75, 3.05) is 24.5 Å². The lowest BCUT2D eigenvalue weighted by Gasteiger charge is -2.34. The molecular weight excluding hydrogens is 334 g/mol. The molecule has 1 aromatic heterocycles. The van der Waals surface area contributed by atoms with Gasteiger partial charge in [0, 0.05) is 31.5 Å². The predicted molar refractivity (Wildman–Crippen MR) is 110 cm³/mol. The molecule has 4 rings (SSSR count). The van der Waals surface area contributed by atoms with Crippen LogP contribution < -0.4 is 4.90 Å². The molecule has 0 unspecified atom stereocenters. The van der Waals surface area contributed by atoms with Gasteiger partial charge in [0.25, 0.3) is 5.91 Å². The van der Waals surface area contributed by atoms with Crippen molar-refractivity contribution in [1.82, 2.24) is 9.88 Å². The SMILES string of the molecule is CCC1=C(C)CCC(N2CCCc3cc(C(=O)N4CCCCC4)cnc32)=C1. The van der Waals surface area contributed by atoms with Gasteiger partial charge in [-0.1, -0.05) is 12.5 Å². The minimum absolute atomic E-state index is 0.158. The van der Waals surface area contributed by atoms with Crippen LogP contribution in [0, 0.1) is 0 Å². The third-order valence-electron chi connectivity index (χ3n) is 6.29. The molecule has 0 N–H and O–H groups in total. The lowest BCUT2D eigenvalue weighted by Crippen LogP contribution is -2.36. The summed E-state index contributed by atoms with van der Waals surface area (Å²) in [5.41, 5.74) is 6.38. The summed E-state index contributed by atoms with van der Waals surface area (Å²) in [4.78, 5) is 22.0. The second-order valence-electron chi connectivity index (χ2n) is 8.11. The van der Waals surface area contributed by atoms with Gasteiger partial charge in [0.15, 0.2) is 0 Å². The van der Waals surface area contributed by atoms with E-state index in [2.05, 4.69) is 30.9 Å². The third kappa shape index (κ3) is 3.67. The molecule has 0 spiro atoms. The van der Waals surface area contributed by atoms with Crippen molar-refractivity contribution < 1.29 is 4.79 Å². The molecule has 2 aliphatic heterocycles. The number of pyridine rings is 1. The lowest BCUT2D eigenvalue weighted by molar-refractivity contribution is 0.0724. The second kappa shape index (κ2) is 7.87. The Morgan fingerprint density at radius 3 is 2.67 bits per heavy atom. The highest BCUT2D eigenvalue weighted by Crippen LogP contribution is 2.34. The van der Waals surface area contributed by atoms with E-state index >= 15 is 0 Å². The summed E-state index contributed by atoms with van der Waals surface area (Å²) in [6.45, 7) is 7.30. The van der Waals surface area contributed by atoms with Gasteiger partial charge >= 0.3 is 0 Å². The summed E-state index contributed by atoms with van der Waals surface area (Å²) in [6.07, 6.45) is 13.1. The quantitative estimate of drug-likeness (QED) is 0.767. The summed E-state index contributed by atoms with van der Waals surface area (Å²) in [5.74, 6) is 1.23. The van der Waals surface area contributed by atoms with Gasteiger partial charge in [-0.05, 0) is 81.6 Å². The number of piperidine rings is 1. The minimum Gasteiger partial charge on any atom is -0.339 e. The van der Waals surface area contributed by atoms with Gasteiger partial charge in [-0.3, -0.25) is 4.79 Å². The number of aryl methyl sites for hydroxylation is 1. The molecule has 4 heteroatoms. The average Bonchev–Trinajstić information content (AvgIpc) is 2.73. The number of fused-ring (bicyclic) bond motifs is 1. The molecule has 1 aliphatic carbocycles. The van der Waals surface area contributed by atoms with Crippen LogP contribution in [0.1, 0.15) is 74.7 Å². The number of likely N-dealkylation sites (tertiary alicyclic amines) is 1. The number of nitrogens with zero attached hydrogens (tertiary/aromatic N) is 3. The maximum absolute atomic E-state index is 12.8. The number of carbonyl (C=O) groups excluding carboxylic acids is 1. The van der Waals surface area contributed by atoms with Gasteiger partial charge < -0.3 is 9.80 Å². The monoisotopic (exact) mass is 365 g/mol. The Hall–Kier alpha value is -2.10. The van der Waals surface area contributed by atoms with Gasteiger partial charge in [-0.2, -0.15) is 0 Å². The zero-order chi connectivity index (χ0) is 18.8. The number of allylic oxidation sites excluding steroid dienone is 4. The van der Waals surface area contributed by atoms with Crippen LogP contribution in [-0.2, 0) is 6.42 Å². The van der Waals surface area contributed by atoms with Crippen molar-refractivity contribution >= 4 is 11.7 Å². The Balaban J connectivity index is 1.60. The van der Waals surface area contributed by atoms with E-state index in [4.69, 9.17) is 4.98 Å². The number of aromatic nitrogens is 1. The highest BCUT2D eigenvalue weighted by Gasteiger charge is 2.25. The first-order chi connectivity index (χ1) is 13.2. The van der Waals surface area contributed by atoms with Gasteiger partial charge in [-0.15, -0.1) is 0 Å². The molecule has 0 bridgehead atoms. The molecule has 1 aromatic rings. The van der Waals surface area contributed by atoms with Crippen molar-refractivity contribution in [2.24, 2.45) is 0 Å². The fourth-order valence-corrected chi connectivity index (χ4v) is 4.63. The fourth-order valence-electron chi connectivity index (χ4n) is 4.63. The number of carbonyl (C=O) groups is 1. The molecule has 0 atom stereocenters. The van der Waals surface area contributed by atoms with Gasteiger partial charge in [0.2, 0.25) is 0 Å². The summed E-state index contributed by atoms with van der Waals surface area (Å²) in [5, 5.41) is 0. The number of anilines is 1. The molecule has 27 heavy (non-hydrogen) atoms. The Labute approximate surface area is 163 Å². The fraction of sp³-hybridized carbons (Fsp3) is 0.565. The van der Waals surface area contributed by atoms with Gasteiger partial charge in [0.05, 0.1) is 5.56 Å². The van der Waals surface area contributed by atoms with Crippen molar-refractivity contribution in [3.05, 3.63) is 46.3 Å². The van der Waals surface area contributed by atoms with Crippen molar-refractivity contribution in [1.29, 1.82) is 0 Å². The highest BCUT2D eigenvalue weighted by atomic mass is 16.2. The van der Waals surface area contributed by atoms with E-state index in [-0.39, 0.29) is 5.91 Å². The van der Waals surface area contributed by atoms with Crippen LogP contribution in [0.3, 0.4) is 0 Å². The van der Waals surface area contributed by atoms with Gasteiger partial charge in [0.1, 0.15) is 5.82 Å². The van der Waals surface area contributed by atoms with Crippen LogP contribution in [0.2, 0.25) is 0 Å². The van der Waals surface area contributed by atoms with E-state index in [1.807, 2.05) is 4.90 Å². The second-order valence-corrected chi connectivity index (χ2v) is 8.11. The first-order valence-corrected chi connectivity index (χ1v) is 10.6. The Morgan fingerprint density at radius 1 is 1.07 bits per heavy atom. The number of rotatable bonds is 3. The largest absolute Gasteiger partial charge is 0.339 e. The molecule has 1 fully saturated rings. The predicted octanol–water partition coefficient (Wildman–Crippen LogP) is 4.86. The maximum Gasteiger partial charge on any atom is 0.255 e. The van der Waals surface area contributed by atoms with E-state index in [0.29, 0.717) is 0 Å². The molecule has 4 nitrogen and oxygen atoms in total.